The number of nitrogens with zero attached hydrogens (tertiary/aromatic N) is 1. The summed E-state index contributed by atoms with van der Waals surface area (Å²) in [5.74, 6) is 6.66. The van der Waals surface area contributed by atoms with E-state index in [-0.39, 0.29) is 0 Å². The van der Waals surface area contributed by atoms with Gasteiger partial charge in [0.2, 0.25) is 0 Å². The highest BCUT2D eigenvalue weighted by Crippen LogP contribution is 2.25. The molecule has 0 radical (unpaired) electrons. The summed E-state index contributed by atoms with van der Waals surface area (Å²) in [5, 5.41) is 2.18. The highest BCUT2D eigenvalue weighted by atomic mass is 79.9. The number of aromatic nitrogens is 1. The van der Waals surface area contributed by atoms with Gasteiger partial charge in [0.15, 0.2) is 0 Å². The molecule has 4 aromatic rings. The van der Waals surface area contributed by atoms with Gasteiger partial charge in [0.1, 0.15) is 0 Å². The number of rotatable bonds is 0. The summed E-state index contributed by atoms with van der Waals surface area (Å²) in [4.78, 5) is 4.73. The predicted molar refractivity (Wildman–Crippen MR) is 99.4 cm³/mol. The molecule has 0 fully saturated rings. The van der Waals surface area contributed by atoms with Crippen LogP contribution in [-0.4, -0.2) is 4.98 Å². The maximum atomic E-state index is 4.73. The van der Waals surface area contributed by atoms with Gasteiger partial charge in [-0.05, 0) is 40.2 Å². The topological polar surface area (TPSA) is 12.9 Å². The number of pyridine rings is 1. The van der Waals surface area contributed by atoms with Gasteiger partial charge in [-0.3, -0.25) is 0 Å². The molecule has 108 valence electrons. The lowest BCUT2D eigenvalue weighted by Crippen LogP contribution is -1.88. The van der Waals surface area contributed by atoms with Crippen LogP contribution < -0.4 is 0 Å². The minimum absolute atomic E-state index is 0.975. The van der Waals surface area contributed by atoms with Gasteiger partial charge >= 0.3 is 0 Å². The molecule has 1 aromatic heterocycles. The van der Waals surface area contributed by atoms with E-state index in [1.54, 1.807) is 0 Å². The van der Waals surface area contributed by atoms with Crippen molar-refractivity contribution in [1.82, 2.24) is 4.98 Å². The van der Waals surface area contributed by atoms with E-state index in [2.05, 4.69) is 39.9 Å². The molecule has 0 spiro atoms. The quantitative estimate of drug-likeness (QED) is 0.297. The third-order valence-corrected chi connectivity index (χ3v) is 4.48. The molecule has 1 nitrogen and oxygen atoms in total. The van der Waals surface area contributed by atoms with Crippen molar-refractivity contribution in [3.8, 4) is 11.8 Å². The van der Waals surface area contributed by atoms with Crippen LogP contribution in [0.4, 0.5) is 0 Å². The molecule has 1 heterocycles. The summed E-state index contributed by atoms with van der Waals surface area (Å²) >= 11 is 3.55. The van der Waals surface area contributed by atoms with E-state index in [1.165, 1.54) is 0 Å². The van der Waals surface area contributed by atoms with Gasteiger partial charge in [-0.15, -0.1) is 0 Å². The summed E-state index contributed by atoms with van der Waals surface area (Å²) in [6.45, 7) is 0. The number of hydrogen-bond acceptors (Lipinski definition) is 1. The molecule has 3 aromatic carbocycles. The fraction of sp³-hybridized carbons (Fsp3) is 0. The average molecular weight is 358 g/mol. The first-order valence-electron chi connectivity index (χ1n) is 7.37. The van der Waals surface area contributed by atoms with Gasteiger partial charge in [-0.1, -0.05) is 60.4 Å². The summed E-state index contributed by atoms with van der Waals surface area (Å²) in [7, 11) is 0. The zero-order chi connectivity index (χ0) is 15.6. The van der Waals surface area contributed by atoms with Gasteiger partial charge in [-0.25, -0.2) is 4.98 Å². The van der Waals surface area contributed by atoms with Gasteiger partial charge < -0.3 is 0 Å². The number of halogens is 1. The molecule has 0 bridgehead atoms. The van der Waals surface area contributed by atoms with Gasteiger partial charge in [-0.2, -0.15) is 0 Å². The Kier molecular flexibility index (Phi) is 3.57. The molecular formula is C21H12BrN. The van der Waals surface area contributed by atoms with Gasteiger partial charge in [0.05, 0.1) is 11.0 Å². The van der Waals surface area contributed by atoms with Crippen molar-refractivity contribution < 1.29 is 0 Å². The molecule has 2 heteroatoms. The van der Waals surface area contributed by atoms with Crippen molar-refractivity contribution in [3.63, 3.8) is 0 Å². The molecule has 0 aliphatic rings. The molecule has 0 aliphatic carbocycles. The van der Waals surface area contributed by atoms with Crippen molar-refractivity contribution in [2.75, 3.05) is 0 Å². The fourth-order valence-electron chi connectivity index (χ4n) is 2.67. The van der Waals surface area contributed by atoms with E-state index in [9.17, 15) is 0 Å². The number of para-hydroxylation sites is 2. The van der Waals surface area contributed by atoms with Crippen LogP contribution in [0.2, 0.25) is 0 Å². The first-order chi connectivity index (χ1) is 11.3. The Morgan fingerprint density at radius 2 is 1.22 bits per heavy atom. The van der Waals surface area contributed by atoms with Gasteiger partial charge in [0, 0.05) is 26.4 Å². The molecule has 0 atom stereocenters. The normalized spacial score (nSPS) is 10.5. The van der Waals surface area contributed by atoms with Crippen molar-refractivity contribution in [2.24, 2.45) is 0 Å². The van der Waals surface area contributed by atoms with Crippen LogP contribution in [0.1, 0.15) is 11.1 Å². The lowest BCUT2D eigenvalue weighted by molar-refractivity contribution is 1.49. The first kappa shape index (κ1) is 14.0. The van der Waals surface area contributed by atoms with Crippen LogP contribution >= 0.6 is 15.9 Å². The number of benzene rings is 3. The van der Waals surface area contributed by atoms with Crippen LogP contribution in [0.25, 0.3) is 21.8 Å². The second-order valence-electron chi connectivity index (χ2n) is 5.25. The molecule has 0 amide bonds. The highest BCUT2D eigenvalue weighted by Gasteiger charge is 2.06. The van der Waals surface area contributed by atoms with Gasteiger partial charge in [0.25, 0.3) is 0 Å². The largest absolute Gasteiger partial charge is 0.248 e. The van der Waals surface area contributed by atoms with Crippen LogP contribution in [-0.2, 0) is 0 Å². The first-order valence-corrected chi connectivity index (χ1v) is 8.16. The average Bonchev–Trinajstić information content (AvgIpc) is 2.60. The van der Waals surface area contributed by atoms with Crippen LogP contribution in [0, 0.1) is 11.8 Å². The number of fused-ring (bicyclic) bond motifs is 2. The van der Waals surface area contributed by atoms with Crippen LogP contribution in [0.3, 0.4) is 0 Å². The second-order valence-corrected chi connectivity index (χ2v) is 6.11. The molecule has 0 saturated carbocycles. The van der Waals surface area contributed by atoms with Crippen LogP contribution in [0.15, 0.2) is 77.3 Å². The number of hydrogen-bond donors (Lipinski definition) is 0. The fourth-order valence-corrected chi connectivity index (χ4v) is 3.05. The summed E-state index contributed by atoms with van der Waals surface area (Å²) in [5.41, 5.74) is 3.96. The molecule has 0 aliphatic heterocycles. The Morgan fingerprint density at radius 3 is 1.87 bits per heavy atom. The molecular weight excluding hydrogens is 346 g/mol. The van der Waals surface area contributed by atoms with E-state index in [0.717, 1.165) is 37.4 Å². The Labute approximate surface area is 143 Å². The lowest BCUT2D eigenvalue weighted by Gasteiger charge is -2.05. The second kappa shape index (κ2) is 5.87. The highest BCUT2D eigenvalue weighted by molar-refractivity contribution is 9.10. The van der Waals surface area contributed by atoms with Crippen molar-refractivity contribution in [3.05, 3.63) is 88.4 Å². The molecule has 23 heavy (non-hydrogen) atoms. The molecule has 0 N–H and O–H groups in total. The Morgan fingerprint density at radius 1 is 0.652 bits per heavy atom. The van der Waals surface area contributed by atoms with Crippen molar-refractivity contribution in [2.45, 2.75) is 0 Å². The maximum Gasteiger partial charge on any atom is 0.0722 e. The minimum atomic E-state index is 0.975. The third-order valence-electron chi connectivity index (χ3n) is 3.78. The van der Waals surface area contributed by atoms with Crippen molar-refractivity contribution >= 4 is 37.7 Å². The lowest BCUT2D eigenvalue weighted by atomic mass is 10.0. The van der Waals surface area contributed by atoms with E-state index in [0.29, 0.717) is 0 Å². The zero-order valence-electron chi connectivity index (χ0n) is 12.3. The van der Waals surface area contributed by atoms with Crippen molar-refractivity contribution in [1.29, 1.82) is 0 Å². The van der Waals surface area contributed by atoms with Crippen LogP contribution in [0.5, 0.6) is 0 Å². The Hall–Kier alpha value is -2.63. The molecule has 0 saturated heterocycles. The Bertz CT molecular complexity index is 1030. The molecule has 4 rings (SSSR count). The van der Waals surface area contributed by atoms with E-state index < -0.39 is 0 Å². The predicted octanol–water partition coefficient (Wildman–Crippen LogP) is 5.55. The SMILES string of the molecule is Brc1ccccc1C#Cc1c2ccccc2nc2ccccc12. The smallest absolute Gasteiger partial charge is 0.0722 e. The summed E-state index contributed by atoms with van der Waals surface area (Å²) in [6.07, 6.45) is 0. The third kappa shape index (κ3) is 2.60. The van der Waals surface area contributed by atoms with E-state index in [4.69, 9.17) is 4.98 Å². The van der Waals surface area contributed by atoms with E-state index >= 15 is 0 Å². The monoisotopic (exact) mass is 357 g/mol. The minimum Gasteiger partial charge on any atom is -0.248 e. The zero-order valence-corrected chi connectivity index (χ0v) is 13.8. The standard InChI is InChI=1S/C21H12BrN/c22-19-10-4-1-7-15(19)13-14-16-17-8-2-5-11-20(17)23-21-12-6-3-9-18(16)21/h1-12H. The van der Waals surface area contributed by atoms with E-state index in [1.807, 2.05) is 60.7 Å². The maximum absolute atomic E-state index is 4.73. The summed E-state index contributed by atoms with van der Waals surface area (Å²) < 4.78 is 1.01. The molecule has 0 unspecified atom stereocenters. The summed E-state index contributed by atoms with van der Waals surface area (Å²) in [6, 6.07) is 24.3. The Balaban J connectivity index is 2.03.